The first kappa shape index (κ1) is 14.1. The van der Waals surface area contributed by atoms with Crippen LogP contribution in [0.15, 0.2) is 24.5 Å². The number of likely N-dealkylation sites (tertiary alicyclic amines) is 1. The van der Waals surface area contributed by atoms with Crippen LogP contribution in [0.5, 0.6) is 0 Å². The second-order valence-corrected chi connectivity index (χ2v) is 7.90. The fourth-order valence-corrected chi connectivity index (χ4v) is 4.10. The monoisotopic (exact) mass is 272 g/mol. The molecule has 1 aromatic heterocycles. The predicted octanol–water partition coefficient (Wildman–Crippen LogP) is 4.23. The van der Waals surface area contributed by atoms with Gasteiger partial charge in [-0.05, 0) is 82.4 Å². The van der Waals surface area contributed by atoms with Gasteiger partial charge in [0.25, 0.3) is 0 Å². The van der Waals surface area contributed by atoms with Gasteiger partial charge in [-0.1, -0.05) is 6.07 Å². The van der Waals surface area contributed by atoms with E-state index in [-0.39, 0.29) is 0 Å². The molecule has 1 aromatic rings. The summed E-state index contributed by atoms with van der Waals surface area (Å²) in [6, 6.07) is 4.34. The molecule has 1 aliphatic carbocycles. The molecule has 110 valence electrons. The fraction of sp³-hybridized carbons (Fsp3) is 0.722. The zero-order chi connectivity index (χ0) is 14.2. The molecule has 1 saturated carbocycles. The molecule has 0 atom stereocenters. The summed E-state index contributed by atoms with van der Waals surface area (Å²) in [6.07, 6.45) is 10.9. The van der Waals surface area contributed by atoms with Gasteiger partial charge < -0.3 is 0 Å². The molecule has 2 fully saturated rings. The minimum absolute atomic E-state index is 0.337. The summed E-state index contributed by atoms with van der Waals surface area (Å²) in [6.45, 7) is 9.67. The number of rotatable bonds is 1. The average Bonchev–Trinajstić information content (AvgIpc) is 2.85. The highest BCUT2D eigenvalue weighted by atomic mass is 15.2. The summed E-state index contributed by atoms with van der Waals surface area (Å²) in [5, 5.41) is 0. The maximum absolute atomic E-state index is 4.29. The standard InChI is InChI=1S/C18H28N2/c1-17(2,3)20-12-10-18(14-20)8-6-15(7-9-18)16-5-4-11-19-13-16/h4-5,11,13,15H,6-10,12,14H2,1-3H3. The first-order valence-corrected chi connectivity index (χ1v) is 8.14. The van der Waals surface area contributed by atoms with Crippen molar-refractivity contribution in [2.45, 2.75) is 64.3 Å². The van der Waals surface area contributed by atoms with E-state index in [0.717, 1.165) is 5.92 Å². The van der Waals surface area contributed by atoms with E-state index in [1.165, 1.54) is 50.8 Å². The van der Waals surface area contributed by atoms with Gasteiger partial charge in [-0.3, -0.25) is 9.88 Å². The van der Waals surface area contributed by atoms with Gasteiger partial charge in [-0.25, -0.2) is 0 Å². The third kappa shape index (κ3) is 2.76. The quantitative estimate of drug-likeness (QED) is 0.760. The molecule has 2 nitrogen and oxygen atoms in total. The maximum atomic E-state index is 4.29. The lowest BCUT2D eigenvalue weighted by Gasteiger charge is -2.39. The summed E-state index contributed by atoms with van der Waals surface area (Å²) in [5.41, 5.74) is 2.41. The molecule has 0 amide bonds. The van der Waals surface area contributed by atoms with Gasteiger partial charge in [0.05, 0.1) is 0 Å². The lowest BCUT2D eigenvalue weighted by molar-refractivity contribution is 0.122. The Hall–Kier alpha value is -0.890. The van der Waals surface area contributed by atoms with Crippen molar-refractivity contribution in [1.29, 1.82) is 0 Å². The van der Waals surface area contributed by atoms with Crippen LogP contribution in [0.25, 0.3) is 0 Å². The first-order valence-electron chi connectivity index (χ1n) is 8.14. The number of aromatic nitrogens is 1. The van der Waals surface area contributed by atoms with Crippen molar-refractivity contribution in [3.63, 3.8) is 0 Å². The largest absolute Gasteiger partial charge is 0.298 e. The molecule has 2 heterocycles. The SMILES string of the molecule is CC(C)(C)N1CCC2(CCC(c3cccnc3)CC2)C1. The van der Waals surface area contributed by atoms with Crippen LogP contribution in [-0.4, -0.2) is 28.5 Å². The zero-order valence-corrected chi connectivity index (χ0v) is 13.2. The second kappa shape index (κ2) is 5.14. The molecular formula is C18H28N2. The van der Waals surface area contributed by atoms with E-state index < -0.39 is 0 Å². The summed E-state index contributed by atoms with van der Waals surface area (Å²) < 4.78 is 0. The number of pyridine rings is 1. The average molecular weight is 272 g/mol. The Bertz CT molecular complexity index is 438. The van der Waals surface area contributed by atoms with Crippen molar-refractivity contribution in [2.75, 3.05) is 13.1 Å². The van der Waals surface area contributed by atoms with Gasteiger partial charge >= 0.3 is 0 Å². The van der Waals surface area contributed by atoms with E-state index in [1.54, 1.807) is 0 Å². The summed E-state index contributed by atoms with van der Waals surface area (Å²) in [7, 11) is 0. The normalized spacial score (nSPS) is 31.9. The van der Waals surface area contributed by atoms with E-state index in [1.807, 2.05) is 6.20 Å². The summed E-state index contributed by atoms with van der Waals surface area (Å²) >= 11 is 0. The van der Waals surface area contributed by atoms with E-state index in [0.29, 0.717) is 11.0 Å². The van der Waals surface area contributed by atoms with Gasteiger partial charge in [0.2, 0.25) is 0 Å². The van der Waals surface area contributed by atoms with Crippen LogP contribution in [0.4, 0.5) is 0 Å². The molecule has 1 spiro atoms. The van der Waals surface area contributed by atoms with Gasteiger partial charge in [0.15, 0.2) is 0 Å². The molecule has 1 saturated heterocycles. The van der Waals surface area contributed by atoms with Gasteiger partial charge in [-0.2, -0.15) is 0 Å². The van der Waals surface area contributed by atoms with Crippen molar-refractivity contribution >= 4 is 0 Å². The molecule has 2 heteroatoms. The van der Waals surface area contributed by atoms with Crippen molar-refractivity contribution < 1.29 is 0 Å². The molecule has 0 aromatic carbocycles. The van der Waals surface area contributed by atoms with Gasteiger partial charge in [0.1, 0.15) is 0 Å². The number of hydrogen-bond donors (Lipinski definition) is 0. The predicted molar refractivity (Wildman–Crippen MR) is 83.8 cm³/mol. The Kier molecular flexibility index (Phi) is 3.62. The lowest BCUT2D eigenvalue weighted by atomic mass is 9.68. The van der Waals surface area contributed by atoms with Gasteiger partial charge in [0, 0.05) is 24.5 Å². The number of hydrogen-bond acceptors (Lipinski definition) is 2. The Balaban J connectivity index is 1.62. The molecule has 1 aliphatic heterocycles. The van der Waals surface area contributed by atoms with Crippen molar-refractivity contribution in [3.05, 3.63) is 30.1 Å². The first-order chi connectivity index (χ1) is 9.49. The highest BCUT2D eigenvalue weighted by molar-refractivity contribution is 5.16. The fourth-order valence-electron chi connectivity index (χ4n) is 4.10. The van der Waals surface area contributed by atoms with Crippen LogP contribution < -0.4 is 0 Å². The van der Waals surface area contributed by atoms with E-state index in [4.69, 9.17) is 0 Å². The Labute approximate surface area is 123 Å². The molecule has 0 unspecified atom stereocenters. The Morgan fingerprint density at radius 2 is 1.95 bits per heavy atom. The summed E-state index contributed by atoms with van der Waals surface area (Å²) in [4.78, 5) is 6.98. The van der Waals surface area contributed by atoms with Crippen LogP contribution in [-0.2, 0) is 0 Å². The molecule has 2 aliphatic rings. The molecule has 20 heavy (non-hydrogen) atoms. The van der Waals surface area contributed by atoms with E-state index in [2.05, 4.69) is 49.0 Å². The molecule has 0 bridgehead atoms. The van der Waals surface area contributed by atoms with Crippen molar-refractivity contribution in [1.82, 2.24) is 9.88 Å². The van der Waals surface area contributed by atoms with Crippen LogP contribution >= 0.6 is 0 Å². The molecule has 0 radical (unpaired) electrons. The molecule has 0 N–H and O–H groups in total. The lowest BCUT2D eigenvalue weighted by Crippen LogP contribution is -2.41. The highest BCUT2D eigenvalue weighted by Crippen LogP contribution is 2.49. The topological polar surface area (TPSA) is 16.1 Å². The van der Waals surface area contributed by atoms with Crippen LogP contribution in [0.1, 0.15) is 64.4 Å². The maximum Gasteiger partial charge on any atom is 0.0302 e. The third-order valence-corrected chi connectivity index (χ3v) is 5.59. The Morgan fingerprint density at radius 1 is 1.20 bits per heavy atom. The van der Waals surface area contributed by atoms with E-state index >= 15 is 0 Å². The zero-order valence-electron chi connectivity index (χ0n) is 13.2. The Morgan fingerprint density at radius 3 is 2.50 bits per heavy atom. The van der Waals surface area contributed by atoms with Crippen molar-refractivity contribution in [3.8, 4) is 0 Å². The smallest absolute Gasteiger partial charge is 0.0302 e. The highest BCUT2D eigenvalue weighted by Gasteiger charge is 2.43. The van der Waals surface area contributed by atoms with Gasteiger partial charge in [-0.15, -0.1) is 0 Å². The van der Waals surface area contributed by atoms with E-state index in [9.17, 15) is 0 Å². The minimum atomic E-state index is 0.337. The third-order valence-electron chi connectivity index (χ3n) is 5.59. The van der Waals surface area contributed by atoms with Crippen LogP contribution in [0.3, 0.4) is 0 Å². The minimum Gasteiger partial charge on any atom is -0.298 e. The molecule has 3 rings (SSSR count). The number of nitrogens with zero attached hydrogens (tertiary/aromatic N) is 2. The second-order valence-electron chi connectivity index (χ2n) is 7.90. The van der Waals surface area contributed by atoms with Crippen molar-refractivity contribution in [2.24, 2.45) is 5.41 Å². The molecular weight excluding hydrogens is 244 g/mol. The van der Waals surface area contributed by atoms with Crippen LogP contribution in [0, 0.1) is 5.41 Å². The van der Waals surface area contributed by atoms with Crippen LogP contribution in [0.2, 0.25) is 0 Å². The summed E-state index contributed by atoms with van der Waals surface area (Å²) in [5.74, 6) is 0.748.